The maximum absolute atomic E-state index is 12.8. The lowest BCUT2D eigenvalue weighted by Gasteiger charge is -2.16. The van der Waals surface area contributed by atoms with Crippen molar-refractivity contribution >= 4 is 17.5 Å². The molecule has 0 aliphatic heterocycles. The molecule has 0 spiro atoms. The van der Waals surface area contributed by atoms with Gasteiger partial charge in [-0.25, -0.2) is 14.4 Å². The fourth-order valence-corrected chi connectivity index (χ4v) is 2.69. The number of nitrogens with one attached hydrogen (secondary N) is 1. The van der Waals surface area contributed by atoms with Crippen LogP contribution >= 0.6 is 11.6 Å². The molecule has 5 heteroatoms. The minimum absolute atomic E-state index is 0.234. The van der Waals surface area contributed by atoms with E-state index in [1.165, 1.54) is 12.1 Å². The van der Waals surface area contributed by atoms with Gasteiger partial charge in [0, 0.05) is 12.1 Å². The number of rotatable bonds is 3. The van der Waals surface area contributed by atoms with Crippen LogP contribution in [0.1, 0.15) is 29.7 Å². The minimum Gasteiger partial charge on any atom is -0.350 e. The van der Waals surface area contributed by atoms with Gasteiger partial charge >= 0.3 is 0 Å². The Balaban J connectivity index is 1.74. The first-order chi connectivity index (χ1) is 9.72. The molecule has 0 saturated carbocycles. The second kappa shape index (κ2) is 5.75. The molecule has 2 aromatic rings. The molecule has 0 saturated heterocycles. The van der Waals surface area contributed by atoms with Crippen molar-refractivity contribution < 1.29 is 4.39 Å². The highest BCUT2D eigenvalue weighted by Crippen LogP contribution is 2.26. The van der Waals surface area contributed by atoms with Crippen molar-refractivity contribution in [1.29, 1.82) is 0 Å². The summed E-state index contributed by atoms with van der Waals surface area (Å²) in [4.78, 5) is 8.81. The van der Waals surface area contributed by atoms with Gasteiger partial charge in [-0.2, -0.15) is 0 Å². The largest absolute Gasteiger partial charge is 0.350 e. The van der Waals surface area contributed by atoms with Gasteiger partial charge in [0.15, 0.2) is 0 Å². The van der Waals surface area contributed by atoms with Crippen LogP contribution in [0, 0.1) is 5.82 Å². The van der Waals surface area contributed by atoms with Crippen LogP contribution in [0.3, 0.4) is 0 Å². The first kappa shape index (κ1) is 13.3. The highest BCUT2D eigenvalue weighted by atomic mass is 35.5. The second-order valence-electron chi connectivity index (χ2n) is 4.95. The monoisotopic (exact) mass is 291 g/mol. The van der Waals surface area contributed by atoms with Gasteiger partial charge < -0.3 is 5.32 Å². The number of fused-ring (bicyclic) bond motifs is 1. The Labute approximate surface area is 122 Å². The van der Waals surface area contributed by atoms with Crippen molar-refractivity contribution in [2.24, 2.45) is 0 Å². The molecule has 0 radical (unpaired) electrons. The average molecular weight is 292 g/mol. The quantitative estimate of drug-likeness (QED) is 0.875. The number of benzene rings is 1. The van der Waals surface area contributed by atoms with Gasteiger partial charge in [-0.05, 0) is 43.4 Å². The number of halogens is 2. The highest BCUT2D eigenvalue weighted by Gasteiger charge is 2.16. The Kier molecular flexibility index (Phi) is 3.83. The fraction of sp³-hybridized carbons (Fsp3) is 0.333. The van der Waals surface area contributed by atoms with E-state index in [2.05, 4.69) is 15.3 Å². The predicted octanol–water partition coefficient (Wildman–Crippen LogP) is 3.76. The lowest BCUT2D eigenvalue weighted by atomic mass is 9.97. The highest BCUT2D eigenvalue weighted by molar-refractivity contribution is 6.30. The molecule has 1 aliphatic rings. The molecule has 1 heterocycles. The summed E-state index contributed by atoms with van der Waals surface area (Å²) in [6, 6.07) is 6.36. The van der Waals surface area contributed by atoms with Gasteiger partial charge in [0.05, 0.1) is 5.69 Å². The topological polar surface area (TPSA) is 37.8 Å². The molecule has 0 bridgehead atoms. The van der Waals surface area contributed by atoms with E-state index in [-0.39, 0.29) is 5.82 Å². The van der Waals surface area contributed by atoms with Crippen molar-refractivity contribution in [3.8, 4) is 0 Å². The van der Waals surface area contributed by atoms with Gasteiger partial charge in [-0.1, -0.05) is 23.7 Å². The van der Waals surface area contributed by atoms with E-state index >= 15 is 0 Å². The van der Waals surface area contributed by atoms with E-state index in [4.69, 9.17) is 11.6 Å². The Morgan fingerprint density at radius 1 is 1.10 bits per heavy atom. The van der Waals surface area contributed by atoms with E-state index in [9.17, 15) is 4.39 Å². The van der Waals surface area contributed by atoms with Crippen LogP contribution in [0.25, 0.3) is 0 Å². The van der Waals surface area contributed by atoms with E-state index in [1.54, 1.807) is 12.1 Å². The summed E-state index contributed by atoms with van der Waals surface area (Å²) in [5.41, 5.74) is 3.12. The Hall–Kier alpha value is -1.68. The molecule has 1 aromatic heterocycles. The second-order valence-corrected chi connectivity index (χ2v) is 5.31. The van der Waals surface area contributed by atoms with Gasteiger partial charge in [0.2, 0.25) is 5.95 Å². The lowest BCUT2D eigenvalue weighted by molar-refractivity contribution is 0.627. The van der Waals surface area contributed by atoms with Crippen LogP contribution in [0.15, 0.2) is 24.3 Å². The zero-order chi connectivity index (χ0) is 13.9. The molecule has 1 N–H and O–H groups in total. The normalized spacial score (nSPS) is 13.9. The van der Waals surface area contributed by atoms with E-state index in [0.717, 1.165) is 42.5 Å². The van der Waals surface area contributed by atoms with Crippen LogP contribution < -0.4 is 5.32 Å². The molecule has 0 amide bonds. The van der Waals surface area contributed by atoms with Crippen molar-refractivity contribution in [2.75, 3.05) is 5.32 Å². The van der Waals surface area contributed by atoms with E-state index < -0.39 is 0 Å². The van der Waals surface area contributed by atoms with Gasteiger partial charge in [-0.15, -0.1) is 0 Å². The smallest absolute Gasteiger partial charge is 0.224 e. The van der Waals surface area contributed by atoms with Crippen molar-refractivity contribution in [1.82, 2.24) is 9.97 Å². The standard InChI is InChI=1S/C15H15ClFN3/c16-14-12-3-1-2-4-13(12)19-15(20-14)18-9-10-5-7-11(17)8-6-10/h5-8H,1-4,9H2,(H,18,19,20). The van der Waals surface area contributed by atoms with Crippen molar-refractivity contribution in [3.05, 3.63) is 52.1 Å². The molecule has 3 rings (SSSR count). The SMILES string of the molecule is Fc1ccc(CNc2nc(Cl)c3c(n2)CCCC3)cc1. The molecule has 104 valence electrons. The predicted molar refractivity (Wildman–Crippen MR) is 77.4 cm³/mol. The summed E-state index contributed by atoms with van der Waals surface area (Å²) in [5.74, 6) is 0.307. The number of hydrogen-bond donors (Lipinski definition) is 1. The minimum atomic E-state index is -0.234. The van der Waals surface area contributed by atoms with Crippen molar-refractivity contribution in [3.63, 3.8) is 0 Å². The first-order valence-corrected chi connectivity index (χ1v) is 7.14. The third-order valence-corrected chi connectivity index (χ3v) is 3.81. The summed E-state index contributed by atoms with van der Waals surface area (Å²) in [6.07, 6.45) is 4.23. The number of nitrogens with zero attached hydrogens (tertiary/aromatic N) is 2. The lowest BCUT2D eigenvalue weighted by Crippen LogP contribution is -2.11. The van der Waals surface area contributed by atoms with Crippen LogP contribution in [-0.2, 0) is 19.4 Å². The molecule has 0 atom stereocenters. The Morgan fingerprint density at radius 2 is 1.85 bits per heavy atom. The third-order valence-electron chi connectivity index (χ3n) is 3.50. The molecule has 20 heavy (non-hydrogen) atoms. The maximum Gasteiger partial charge on any atom is 0.224 e. The summed E-state index contributed by atoms with van der Waals surface area (Å²) in [7, 11) is 0. The van der Waals surface area contributed by atoms with Crippen LogP contribution in [-0.4, -0.2) is 9.97 Å². The summed E-state index contributed by atoms with van der Waals surface area (Å²) < 4.78 is 12.8. The summed E-state index contributed by atoms with van der Waals surface area (Å²) in [6.45, 7) is 0.551. The summed E-state index contributed by atoms with van der Waals surface area (Å²) in [5, 5.41) is 3.69. The number of anilines is 1. The maximum atomic E-state index is 12.8. The molecule has 0 fully saturated rings. The van der Waals surface area contributed by atoms with Crippen LogP contribution in [0.2, 0.25) is 5.15 Å². The average Bonchev–Trinajstić information content (AvgIpc) is 2.47. The van der Waals surface area contributed by atoms with E-state index in [1.807, 2.05) is 0 Å². The zero-order valence-electron chi connectivity index (χ0n) is 11.0. The van der Waals surface area contributed by atoms with Gasteiger partial charge in [-0.3, -0.25) is 0 Å². The fourth-order valence-electron chi connectivity index (χ4n) is 2.41. The molecule has 1 aliphatic carbocycles. The first-order valence-electron chi connectivity index (χ1n) is 6.76. The van der Waals surface area contributed by atoms with Gasteiger partial charge in [0.1, 0.15) is 11.0 Å². The van der Waals surface area contributed by atoms with Crippen molar-refractivity contribution in [2.45, 2.75) is 32.2 Å². The van der Waals surface area contributed by atoms with E-state index in [0.29, 0.717) is 17.6 Å². The number of aromatic nitrogens is 2. The van der Waals surface area contributed by atoms with Crippen LogP contribution in [0.4, 0.5) is 10.3 Å². The summed E-state index contributed by atoms with van der Waals surface area (Å²) >= 11 is 6.21. The molecule has 0 unspecified atom stereocenters. The molecular formula is C15H15ClFN3. The van der Waals surface area contributed by atoms with Gasteiger partial charge in [0.25, 0.3) is 0 Å². The molecule has 3 nitrogen and oxygen atoms in total. The third kappa shape index (κ3) is 2.90. The molecule has 1 aromatic carbocycles. The zero-order valence-corrected chi connectivity index (χ0v) is 11.8. The number of hydrogen-bond acceptors (Lipinski definition) is 3. The van der Waals surface area contributed by atoms with Crippen LogP contribution in [0.5, 0.6) is 0 Å². The number of aryl methyl sites for hydroxylation is 1. The molecular weight excluding hydrogens is 277 g/mol. The Morgan fingerprint density at radius 3 is 2.65 bits per heavy atom. The Bertz CT molecular complexity index is 613.